The molecule has 1 aromatic carbocycles. The average molecular weight is 286 g/mol. The van der Waals surface area contributed by atoms with Crippen molar-refractivity contribution in [2.75, 3.05) is 19.6 Å². The molecule has 0 spiro atoms. The maximum atomic E-state index is 11.9. The van der Waals surface area contributed by atoms with Crippen LogP contribution >= 0.6 is 0 Å². The highest BCUT2D eigenvalue weighted by Gasteiger charge is 2.21. The number of hydrogen-bond donors (Lipinski definition) is 2. The number of hydrogen-bond acceptors (Lipinski definition) is 3. The van der Waals surface area contributed by atoms with Crippen molar-refractivity contribution in [2.24, 2.45) is 5.92 Å². The molecule has 1 amide bonds. The van der Waals surface area contributed by atoms with Crippen molar-refractivity contribution < 1.29 is 4.79 Å². The summed E-state index contributed by atoms with van der Waals surface area (Å²) in [6.07, 6.45) is 1.88. The Kier molecular flexibility index (Phi) is 4.20. The third-order valence-electron chi connectivity index (χ3n) is 4.13. The van der Waals surface area contributed by atoms with Crippen molar-refractivity contribution >= 4 is 16.9 Å². The van der Waals surface area contributed by atoms with Crippen LogP contribution in [-0.4, -0.2) is 35.1 Å². The van der Waals surface area contributed by atoms with E-state index in [9.17, 15) is 4.79 Å². The van der Waals surface area contributed by atoms with Gasteiger partial charge in [-0.2, -0.15) is 0 Å². The van der Waals surface area contributed by atoms with Gasteiger partial charge in [-0.05, 0) is 38.4 Å². The van der Waals surface area contributed by atoms with Crippen LogP contribution in [0.1, 0.15) is 18.7 Å². The van der Waals surface area contributed by atoms with Crippen LogP contribution < -0.4 is 10.6 Å². The first-order valence-electron chi connectivity index (χ1n) is 7.66. The molecule has 3 rings (SSSR count). The van der Waals surface area contributed by atoms with Crippen LogP contribution in [0.4, 0.5) is 0 Å². The number of benzene rings is 1. The van der Waals surface area contributed by atoms with Gasteiger partial charge in [0.1, 0.15) is 5.82 Å². The van der Waals surface area contributed by atoms with Crippen molar-refractivity contribution in [3.63, 3.8) is 0 Å². The molecule has 1 aromatic heterocycles. The summed E-state index contributed by atoms with van der Waals surface area (Å²) < 4.78 is 2.22. The van der Waals surface area contributed by atoms with E-state index in [-0.39, 0.29) is 11.8 Å². The molecule has 1 aliphatic heterocycles. The van der Waals surface area contributed by atoms with Crippen LogP contribution in [0.3, 0.4) is 0 Å². The number of amides is 1. The van der Waals surface area contributed by atoms with Crippen LogP contribution in [0.15, 0.2) is 24.3 Å². The van der Waals surface area contributed by atoms with E-state index in [2.05, 4.69) is 26.3 Å². The fourth-order valence-corrected chi connectivity index (χ4v) is 2.95. The SMILES string of the molecule is Cc1nc2ccccc2n1CCCNC(=O)C1CCNC1. The number of nitrogens with one attached hydrogen (secondary N) is 2. The minimum Gasteiger partial charge on any atom is -0.356 e. The summed E-state index contributed by atoms with van der Waals surface area (Å²) in [5.41, 5.74) is 2.21. The molecule has 112 valence electrons. The van der Waals surface area contributed by atoms with Gasteiger partial charge in [-0.1, -0.05) is 12.1 Å². The number of para-hydroxylation sites is 2. The van der Waals surface area contributed by atoms with Gasteiger partial charge in [-0.3, -0.25) is 4.79 Å². The quantitative estimate of drug-likeness (QED) is 0.818. The third kappa shape index (κ3) is 3.08. The number of rotatable bonds is 5. The van der Waals surface area contributed by atoms with Gasteiger partial charge in [0.15, 0.2) is 0 Å². The zero-order valence-corrected chi connectivity index (χ0v) is 12.4. The van der Waals surface area contributed by atoms with E-state index < -0.39 is 0 Å². The van der Waals surface area contributed by atoms with Gasteiger partial charge in [0.2, 0.25) is 5.91 Å². The highest BCUT2D eigenvalue weighted by molar-refractivity contribution is 5.79. The Morgan fingerprint density at radius 3 is 3.14 bits per heavy atom. The lowest BCUT2D eigenvalue weighted by Crippen LogP contribution is -2.32. The molecule has 1 aliphatic rings. The smallest absolute Gasteiger partial charge is 0.224 e. The first kappa shape index (κ1) is 14.1. The summed E-state index contributed by atoms with van der Waals surface area (Å²) >= 11 is 0. The fraction of sp³-hybridized carbons (Fsp3) is 0.500. The molecule has 2 N–H and O–H groups in total. The molecule has 2 aromatic rings. The van der Waals surface area contributed by atoms with Gasteiger partial charge < -0.3 is 15.2 Å². The van der Waals surface area contributed by atoms with Gasteiger partial charge in [0, 0.05) is 19.6 Å². The summed E-state index contributed by atoms with van der Waals surface area (Å²) in [6.45, 7) is 5.41. The second-order valence-electron chi connectivity index (χ2n) is 5.63. The summed E-state index contributed by atoms with van der Waals surface area (Å²) in [5, 5.41) is 6.26. The van der Waals surface area contributed by atoms with Crippen molar-refractivity contribution in [1.29, 1.82) is 0 Å². The Bertz CT molecular complexity index is 628. The summed E-state index contributed by atoms with van der Waals surface area (Å²) in [5.74, 6) is 1.37. The van der Waals surface area contributed by atoms with E-state index in [0.717, 1.165) is 50.4 Å². The van der Waals surface area contributed by atoms with Crippen molar-refractivity contribution in [3.05, 3.63) is 30.1 Å². The summed E-state index contributed by atoms with van der Waals surface area (Å²) in [7, 11) is 0. The van der Waals surface area contributed by atoms with Crippen molar-refractivity contribution in [1.82, 2.24) is 20.2 Å². The van der Waals surface area contributed by atoms with E-state index in [4.69, 9.17) is 0 Å². The highest BCUT2D eigenvalue weighted by Crippen LogP contribution is 2.15. The summed E-state index contributed by atoms with van der Waals surface area (Å²) in [6, 6.07) is 8.18. The number of carbonyl (C=O) groups is 1. The Morgan fingerprint density at radius 2 is 2.33 bits per heavy atom. The minimum absolute atomic E-state index is 0.154. The van der Waals surface area contributed by atoms with Gasteiger partial charge >= 0.3 is 0 Å². The second kappa shape index (κ2) is 6.26. The zero-order chi connectivity index (χ0) is 14.7. The lowest BCUT2D eigenvalue weighted by Gasteiger charge is -2.11. The molecule has 1 saturated heterocycles. The number of aromatic nitrogens is 2. The van der Waals surface area contributed by atoms with E-state index in [1.807, 2.05) is 25.1 Å². The first-order valence-corrected chi connectivity index (χ1v) is 7.66. The Hall–Kier alpha value is -1.88. The van der Waals surface area contributed by atoms with E-state index in [1.165, 1.54) is 5.52 Å². The lowest BCUT2D eigenvalue weighted by atomic mass is 10.1. The van der Waals surface area contributed by atoms with Gasteiger partial charge in [-0.15, -0.1) is 0 Å². The molecule has 21 heavy (non-hydrogen) atoms. The number of nitrogens with zero attached hydrogens (tertiary/aromatic N) is 2. The second-order valence-corrected chi connectivity index (χ2v) is 5.63. The van der Waals surface area contributed by atoms with Gasteiger partial charge in [-0.25, -0.2) is 4.98 Å². The van der Waals surface area contributed by atoms with Gasteiger partial charge in [0.25, 0.3) is 0 Å². The molecule has 5 heteroatoms. The maximum Gasteiger partial charge on any atom is 0.224 e. The molecule has 2 heterocycles. The summed E-state index contributed by atoms with van der Waals surface area (Å²) in [4.78, 5) is 16.5. The van der Waals surface area contributed by atoms with Crippen LogP contribution in [0.5, 0.6) is 0 Å². The fourth-order valence-electron chi connectivity index (χ4n) is 2.95. The highest BCUT2D eigenvalue weighted by atomic mass is 16.1. The Labute approximate surface area is 124 Å². The maximum absolute atomic E-state index is 11.9. The molecule has 0 bridgehead atoms. The van der Waals surface area contributed by atoms with Gasteiger partial charge in [0.05, 0.1) is 17.0 Å². The van der Waals surface area contributed by atoms with Crippen molar-refractivity contribution in [2.45, 2.75) is 26.3 Å². The molecule has 0 radical (unpaired) electrons. The van der Waals surface area contributed by atoms with E-state index >= 15 is 0 Å². The van der Waals surface area contributed by atoms with Crippen LogP contribution in [0.25, 0.3) is 11.0 Å². The molecule has 0 saturated carbocycles. The van der Waals surface area contributed by atoms with Crippen molar-refractivity contribution in [3.8, 4) is 0 Å². The molecule has 1 atom stereocenters. The van der Waals surface area contributed by atoms with Crippen LogP contribution in [0, 0.1) is 12.8 Å². The molecular weight excluding hydrogens is 264 g/mol. The predicted molar refractivity (Wildman–Crippen MR) is 83.1 cm³/mol. The standard InChI is InChI=1S/C16H22N4O/c1-12-19-14-5-2-3-6-15(14)20(12)10-4-8-18-16(21)13-7-9-17-11-13/h2-3,5-6,13,17H,4,7-11H2,1H3,(H,18,21). The molecule has 5 nitrogen and oxygen atoms in total. The van der Waals surface area contributed by atoms with E-state index in [1.54, 1.807) is 0 Å². The molecule has 1 fully saturated rings. The molecular formula is C16H22N4O. The number of imidazole rings is 1. The topological polar surface area (TPSA) is 59.0 Å². The average Bonchev–Trinajstić information content (AvgIpc) is 3.11. The molecule has 0 aliphatic carbocycles. The largest absolute Gasteiger partial charge is 0.356 e. The predicted octanol–water partition coefficient (Wildman–Crippen LogP) is 1.46. The Balaban J connectivity index is 1.52. The zero-order valence-electron chi connectivity index (χ0n) is 12.4. The van der Waals surface area contributed by atoms with E-state index in [0.29, 0.717) is 0 Å². The minimum atomic E-state index is 0.154. The number of carbonyl (C=O) groups excluding carboxylic acids is 1. The van der Waals surface area contributed by atoms with Crippen LogP contribution in [0.2, 0.25) is 0 Å². The normalized spacial score (nSPS) is 18.2. The monoisotopic (exact) mass is 286 g/mol. The Morgan fingerprint density at radius 1 is 1.48 bits per heavy atom. The number of fused-ring (bicyclic) bond motifs is 1. The van der Waals surface area contributed by atoms with Crippen LogP contribution in [-0.2, 0) is 11.3 Å². The number of aryl methyl sites for hydroxylation is 2. The lowest BCUT2D eigenvalue weighted by molar-refractivity contribution is -0.124. The first-order chi connectivity index (χ1) is 10.3. The molecule has 1 unspecified atom stereocenters. The third-order valence-corrected chi connectivity index (χ3v) is 4.13.